The molecule has 5 rings (SSSR count). The number of para-hydroxylation sites is 1. The number of esters is 1. The molecule has 0 fully saturated rings. The minimum absolute atomic E-state index is 0.0193. The van der Waals surface area contributed by atoms with Gasteiger partial charge < -0.3 is 9.47 Å². The van der Waals surface area contributed by atoms with Crippen molar-refractivity contribution in [1.82, 2.24) is 4.57 Å². The summed E-state index contributed by atoms with van der Waals surface area (Å²) in [4.78, 5) is 31.7. The lowest BCUT2D eigenvalue weighted by atomic mass is 9.96. The van der Waals surface area contributed by atoms with Crippen LogP contribution < -0.4 is 19.6 Å². The van der Waals surface area contributed by atoms with Crippen molar-refractivity contribution in [3.63, 3.8) is 0 Å². The molecule has 0 spiro atoms. The first kappa shape index (κ1) is 26.2. The van der Waals surface area contributed by atoms with Crippen LogP contribution in [0.4, 0.5) is 8.78 Å². The van der Waals surface area contributed by atoms with Crippen LogP contribution in [-0.4, -0.2) is 17.1 Å². The highest BCUT2D eigenvalue weighted by Crippen LogP contribution is 2.31. The zero-order valence-corrected chi connectivity index (χ0v) is 22.0. The Bertz CT molecular complexity index is 1760. The van der Waals surface area contributed by atoms with Crippen LogP contribution >= 0.6 is 11.3 Å². The number of halogens is 2. The number of carbonyl (C=O) groups is 1. The summed E-state index contributed by atoms with van der Waals surface area (Å²) < 4.78 is 40.8. The number of hydrogen-bond donors (Lipinski definition) is 0. The molecule has 1 aromatic heterocycles. The Labute approximate surface area is 226 Å². The van der Waals surface area contributed by atoms with Crippen LogP contribution in [0.15, 0.2) is 93.9 Å². The number of thiazole rings is 1. The lowest BCUT2D eigenvalue weighted by Crippen LogP contribution is -2.39. The molecule has 0 saturated carbocycles. The number of ether oxygens (including phenoxy) is 2. The fourth-order valence-corrected chi connectivity index (χ4v) is 5.43. The van der Waals surface area contributed by atoms with Gasteiger partial charge in [-0.15, -0.1) is 0 Å². The number of benzene rings is 3. The van der Waals surface area contributed by atoms with E-state index in [1.165, 1.54) is 34.1 Å². The molecule has 0 unspecified atom stereocenters. The minimum Gasteiger partial charge on any atom is -0.488 e. The van der Waals surface area contributed by atoms with E-state index in [0.29, 0.717) is 37.5 Å². The van der Waals surface area contributed by atoms with Crippen molar-refractivity contribution in [2.75, 3.05) is 6.61 Å². The van der Waals surface area contributed by atoms with E-state index in [1.807, 2.05) is 6.07 Å². The monoisotopic (exact) mass is 546 g/mol. The maximum atomic E-state index is 14.1. The third-order valence-electron chi connectivity index (χ3n) is 6.25. The summed E-state index contributed by atoms with van der Waals surface area (Å²) in [7, 11) is 0. The maximum absolute atomic E-state index is 14.1. The van der Waals surface area contributed by atoms with Gasteiger partial charge in [-0.2, -0.15) is 0 Å². The summed E-state index contributed by atoms with van der Waals surface area (Å²) >= 11 is 1.17. The van der Waals surface area contributed by atoms with Crippen LogP contribution in [0.5, 0.6) is 5.75 Å². The summed E-state index contributed by atoms with van der Waals surface area (Å²) in [6, 6.07) is 18.3. The van der Waals surface area contributed by atoms with Crippen molar-refractivity contribution in [3.05, 3.63) is 132 Å². The van der Waals surface area contributed by atoms with Gasteiger partial charge in [-0.1, -0.05) is 59.9 Å². The molecule has 0 amide bonds. The van der Waals surface area contributed by atoms with E-state index in [4.69, 9.17) is 9.47 Å². The van der Waals surface area contributed by atoms with E-state index in [2.05, 4.69) is 4.99 Å². The van der Waals surface area contributed by atoms with E-state index in [0.717, 1.165) is 0 Å². The van der Waals surface area contributed by atoms with Gasteiger partial charge in [0.25, 0.3) is 5.56 Å². The fourth-order valence-electron chi connectivity index (χ4n) is 4.40. The van der Waals surface area contributed by atoms with Gasteiger partial charge >= 0.3 is 5.97 Å². The number of allylic oxidation sites excluding steroid dienone is 1. The number of rotatable bonds is 7. The molecular formula is C30H24F2N2O4S. The molecule has 0 radical (unpaired) electrons. The van der Waals surface area contributed by atoms with Crippen molar-refractivity contribution >= 4 is 23.4 Å². The summed E-state index contributed by atoms with van der Waals surface area (Å²) in [5.74, 6) is -0.910. The molecule has 0 aliphatic carbocycles. The number of aromatic nitrogens is 1. The summed E-state index contributed by atoms with van der Waals surface area (Å²) in [6.45, 7) is 3.55. The zero-order chi connectivity index (χ0) is 27.5. The van der Waals surface area contributed by atoms with Gasteiger partial charge in [0, 0.05) is 11.1 Å². The molecule has 3 aromatic carbocycles. The smallest absolute Gasteiger partial charge is 0.338 e. The SMILES string of the molecule is CCOC(=O)C1=C(C)N=c2s/c(=C\c3ccccc3OCc3ccccc3F)c(=O)n2[C@H]1c1ccc(F)cc1. The van der Waals surface area contributed by atoms with Gasteiger partial charge in [0.2, 0.25) is 0 Å². The van der Waals surface area contributed by atoms with Crippen LogP contribution in [0.25, 0.3) is 6.08 Å². The molecule has 0 bridgehead atoms. The average Bonchev–Trinajstić information content (AvgIpc) is 3.23. The van der Waals surface area contributed by atoms with E-state index < -0.39 is 17.8 Å². The Morgan fingerprint density at radius 1 is 1.05 bits per heavy atom. The molecule has 0 saturated heterocycles. The summed E-state index contributed by atoms with van der Waals surface area (Å²) in [5.41, 5.74) is 1.85. The lowest BCUT2D eigenvalue weighted by Gasteiger charge is -2.24. The van der Waals surface area contributed by atoms with Gasteiger partial charge in [0.15, 0.2) is 4.80 Å². The minimum atomic E-state index is -0.837. The molecule has 1 aliphatic heterocycles. The summed E-state index contributed by atoms with van der Waals surface area (Å²) in [5, 5.41) is 0. The van der Waals surface area contributed by atoms with Crippen molar-refractivity contribution < 1.29 is 23.0 Å². The van der Waals surface area contributed by atoms with Crippen molar-refractivity contribution in [1.29, 1.82) is 0 Å². The van der Waals surface area contributed by atoms with Crippen LogP contribution in [0.3, 0.4) is 0 Å². The number of nitrogens with zero attached hydrogens (tertiary/aromatic N) is 2. The topological polar surface area (TPSA) is 69.9 Å². The molecule has 0 N–H and O–H groups in total. The normalized spacial score (nSPS) is 15.1. The number of carbonyl (C=O) groups excluding carboxylic acids is 1. The number of fused-ring (bicyclic) bond motifs is 1. The van der Waals surface area contributed by atoms with Crippen LogP contribution in [0, 0.1) is 11.6 Å². The first-order valence-electron chi connectivity index (χ1n) is 12.3. The second kappa shape index (κ2) is 11.2. The van der Waals surface area contributed by atoms with E-state index in [1.54, 1.807) is 68.5 Å². The quantitative estimate of drug-likeness (QED) is 0.317. The first-order chi connectivity index (χ1) is 18.9. The predicted octanol–water partition coefficient (Wildman–Crippen LogP) is 4.66. The van der Waals surface area contributed by atoms with Gasteiger partial charge in [0.1, 0.15) is 24.0 Å². The van der Waals surface area contributed by atoms with Gasteiger partial charge in [-0.3, -0.25) is 9.36 Å². The van der Waals surface area contributed by atoms with Crippen LogP contribution in [0.2, 0.25) is 0 Å². The molecule has 6 nitrogen and oxygen atoms in total. The van der Waals surface area contributed by atoms with Gasteiger partial charge in [-0.25, -0.2) is 18.6 Å². The molecule has 1 atom stereocenters. The highest BCUT2D eigenvalue weighted by Gasteiger charge is 2.33. The highest BCUT2D eigenvalue weighted by molar-refractivity contribution is 7.07. The Kier molecular flexibility index (Phi) is 7.51. The Balaban J connectivity index is 1.60. The standard InChI is InChI=1S/C30H24F2N2O4S/c1-3-37-29(36)26-18(2)33-30-34(27(26)19-12-14-22(31)15-13-19)28(35)25(39-30)16-20-8-5-7-11-24(20)38-17-21-9-4-6-10-23(21)32/h4-16,27H,3,17H2,1-2H3/b25-16-/t27-/m0/s1. The fraction of sp³-hybridized carbons (Fsp3) is 0.167. The van der Waals surface area contributed by atoms with E-state index >= 15 is 0 Å². The van der Waals surface area contributed by atoms with E-state index in [-0.39, 0.29) is 30.2 Å². The molecule has 2 heterocycles. The first-order valence-corrected chi connectivity index (χ1v) is 13.1. The predicted molar refractivity (Wildman–Crippen MR) is 144 cm³/mol. The Morgan fingerprint density at radius 2 is 1.77 bits per heavy atom. The second-order valence-corrected chi connectivity index (χ2v) is 9.78. The second-order valence-electron chi connectivity index (χ2n) is 8.77. The van der Waals surface area contributed by atoms with E-state index in [9.17, 15) is 18.4 Å². The summed E-state index contributed by atoms with van der Waals surface area (Å²) in [6.07, 6.45) is 1.69. The lowest BCUT2D eigenvalue weighted by molar-refractivity contribution is -0.139. The van der Waals surface area contributed by atoms with Gasteiger partial charge in [-0.05, 0) is 49.8 Å². The maximum Gasteiger partial charge on any atom is 0.338 e. The Morgan fingerprint density at radius 3 is 2.51 bits per heavy atom. The van der Waals surface area contributed by atoms with Gasteiger partial charge in [0.05, 0.1) is 28.5 Å². The molecule has 39 heavy (non-hydrogen) atoms. The molecule has 1 aliphatic rings. The highest BCUT2D eigenvalue weighted by atomic mass is 32.1. The van der Waals surface area contributed by atoms with Crippen molar-refractivity contribution in [2.24, 2.45) is 4.99 Å². The van der Waals surface area contributed by atoms with Crippen LogP contribution in [0.1, 0.15) is 36.6 Å². The van der Waals surface area contributed by atoms with Crippen molar-refractivity contribution in [3.8, 4) is 5.75 Å². The average molecular weight is 547 g/mol. The molecule has 198 valence electrons. The third kappa shape index (κ3) is 5.31. The molecule has 4 aromatic rings. The zero-order valence-electron chi connectivity index (χ0n) is 21.2. The molecular weight excluding hydrogens is 522 g/mol. The Hall–Kier alpha value is -4.37. The molecule has 9 heteroatoms. The largest absolute Gasteiger partial charge is 0.488 e. The number of hydrogen-bond acceptors (Lipinski definition) is 6. The third-order valence-corrected chi connectivity index (χ3v) is 7.23. The van der Waals surface area contributed by atoms with Crippen molar-refractivity contribution in [2.45, 2.75) is 26.5 Å². The van der Waals surface area contributed by atoms with Crippen LogP contribution in [-0.2, 0) is 16.1 Å².